The van der Waals surface area contributed by atoms with Crippen LogP contribution in [0.4, 0.5) is 5.69 Å². The van der Waals surface area contributed by atoms with Crippen LogP contribution in [0, 0.1) is 0 Å². The molecule has 1 aromatic carbocycles. The SMILES string of the molecule is O=C(Nc1ccc(-c2nnc3n2CCCCCC3)cc1)C1=COCCO1. The number of rotatable bonds is 3. The van der Waals surface area contributed by atoms with Crippen LogP contribution in [0.5, 0.6) is 0 Å². The van der Waals surface area contributed by atoms with E-state index in [0.717, 1.165) is 36.6 Å². The van der Waals surface area contributed by atoms with Gasteiger partial charge in [0.05, 0.1) is 0 Å². The molecule has 0 unspecified atom stereocenters. The van der Waals surface area contributed by atoms with Gasteiger partial charge in [0.15, 0.2) is 5.82 Å². The third-order valence-corrected chi connectivity index (χ3v) is 4.63. The van der Waals surface area contributed by atoms with Crippen molar-refractivity contribution in [2.24, 2.45) is 0 Å². The normalized spacial score (nSPS) is 17.0. The Kier molecular flexibility index (Phi) is 4.86. The summed E-state index contributed by atoms with van der Waals surface area (Å²) >= 11 is 0. The number of anilines is 1. The molecule has 26 heavy (non-hydrogen) atoms. The molecule has 0 radical (unpaired) electrons. The van der Waals surface area contributed by atoms with Crippen molar-refractivity contribution < 1.29 is 14.3 Å². The Balaban J connectivity index is 1.49. The second-order valence-corrected chi connectivity index (χ2v) is 6.49. The number of nitrogens with one attached hydrogen (secondary N) is 1. The van der Waals surface area contributed by atoms with Crippen molar-refractivity contribution in [2.75, 3.05) is 18.5 Å². The summed E-state index contributed by atoms with van der Waals surface area (Å²) in [5, 5.41) is 11.6. The van der Waals surface area contributed by atoms with Crippen LogP contribution >= 0.6 is 0 Å². The Morgan fingerprint density at radius 2 is 1.88 bits per heavy atom. The van der Waals surface area contributed by atoms with Gasteiger partial charge < -0.3 is 19.4 Å². The van der Waals surface area contributed by atoms with E-state index < -0.39 is 0 Å². The molecule has 2 aromatic rings. The van der Waals surface area contributed by atoms with Gasteiger partial charge in [0, 0.05) is 24.2 Å². The summed E-state index contributed by atoms with van der Waals surface area (Å²) in [6, 6.07) is 7.64. The lowest BCUT2D eigenvalue weighted by atomic mass is 10.1. The largest absolute Gasteiger partial charge is 0.494 e. The highest BCUT2D eigenvalue weighted by molar-refractivity contribution is 6.02. The fourth-order valence-corrected chi connectivity index (χ4v) is 3.26. The van der Waals surface area contributed by atoms with Gasteiger partial charge in [0.2, 0.25) is 5.76 Å². The molecule has 2 aliphatic rings. The smallest absolute Gasteiger partial charge is 0.294 e. The third kappa shape index (κ3) is 3.56. The first-order chi connectivity index (χ1) is 12.8. The van der Waals surface area contributed by atoms with Gasteiger partial charge in [-0.2, -0.15) is 0 Å². The van der Waals surface area contributed by atoms with Crippen LogP contribution in [0.3, 0.4) is 0 Å². The number of carbonyl (C=O) groups excluding carboxylic acids is 1. The summed E-state index contributed by atoms with van der Waals surface area (Å²) in [7, 11) is 0. The van der Waals surface area contributed by atoms with E-state index in [-0.39, 0.29) is 11.7 Å². The van der Waals surface area contributed by atoms with Crippen LogP contribution in [0.15, 0.2) is 36.3 Å². The second-order valence-electron chi connectivity index (χ2n) is 6.49. The quantitative estimate of drug-likeness (QED) is 0.917. The van der Waals surface area contributed by atoms with Crippen molar-refractivity contribution in [3.8, 4) is 11.4 Å². The van der Waals surface area contributed by atoms with Crippen molar-refractivity contribution >= 4 is 11.6 Å². The fourth-order valence-electron chi connectivity index (χ4n) is 3.26. The molecule has 136 valence electrons. The topological polar surface area (TPSA) is 78.3 Å². The molecule has 1 amide bonds. The number of benzene rings is 1. The van der Waals surface area contributed by atoms with Gasteiger partial charge >= 0.3 is 0 Å². The number of fused-ring (bicyclic) bond motifs is 1. The van der Waals surface area contributed by atoms with E-state index in [1.807, 2.05) is 24.3 Å². The maximum atomic E-state index is 12.1. The second kappa shape index (κ2) is 7.59. The molecular formula is C19H22N4O3. The van der Waals surface area contributed by atoms with Crippen molar-refractivity contribution in [1.29, 1.82) is 0 Å². The molecule has 1 N–H and O–H groups in total. The van der Waals surface area contributed by atoms with Gasteiger partial charge in [0.1, 0.15) is 25.3 Å². The molecule has 0 fully saturated rings. The predicted molar refractivity (Wildman–Crippen MR) is 96.2 cm³/mol. The Morgan fingerprint density at radius 3 is 2.69 bits per heavy atom. The molecule has 3 heterocycles. The predicted octanol–water partition coefficient (Wildman–Crippen LogP) is 2.89. The number of carbonyl (C=O) groups is 1. The minimum absolute atomic E-state index is 0.194. The van der Waals surface area contributed by atoms with Gasteiger partial charge in [0.25, 0.3) is 5.91 Å². The Bertz CT molecular complexity index is 811. The lowest BCUT2D eigenvalue weighted by Crippen LogP contribution is -2.21. The molecule has 0 spiro atoms. The van der Waals surface area contributed by atoms with Crippen LogP contribution in [-0.2, 0) is 27.2 Å². The van der Waals surface area contributed by atoms with Crippen molar-refractivity contribution in [2.45, 2.75) is 38.6 Å². The molecule has 2 aliphatic heterocycles. The highest BCUT2D eigenvalue weighted by atomic mass is 16.6. The molecule has 0 atom stereocenters. The summed E-state index contributed by atoms with van der Waals surface area (Å²) in [6.45, 7) is 1.81. The number of aryl methyl sites for hydroxylation is 1. The minimum Gasteiger partial charge on any atom is -0.494 e. The Labute approximate surface area is 152 Å². The van der Waals surface area contributed by atoms with Crippen LogP contribution in [-0.4, -0.2) is 33.9 Å². The average molecular weight is 354 g/mol. The van der Waals surface area contributed by atoms with E-state index >= 15 is 0 Å². The molecule has 4 rings (SSSR count). The first-order valence-corrected chi connectivity index (χ1v) is 9.10. The van der Waals surface area contributed by atoms with Gasteiger partial charge in [-0.25, -0.2) is 0 Å². The average Bonchev–Trinajstić information content (AvgIpc) is 3.04. The van der Waals surface area contributed by atoms with Gasteiger partial charge in [-0.15, -0.1) is 10.2 Å². The zero-order chi connectivity index (χ0) is 17.8. The number of aromatic nitrogens is 3. The van der Waals surface area contributed by atoms with Crippen LogP contribution < -0.4 is 5.32 Å². The number of hydrogen-bond donors (Lipinski definition) is 1. The summed E-state index contributed by atoms with van der Waals surface area (Å²) < 4.78 is 12.6. The molecule has 7 nitrogen and oxygen atoms in total. The van der Waals surface area contributed by atoms with Gasteiger partial charge in [-0.05, 0) is 37.1 Å². The molecule has 0 aliphatic carbocycles. The molecule has 0 saturated heterocycles. The molecule has 7 heteroatoms. The summed E-state index contributed by atoms with van der Waals surface area (Å²) in [5.74, 6) is 1.84. The van der Waals surface area contributed by atoms with E-state index in [2.05, 4.69) is 20.1 Å². The van der Waals surface area contributed by atoms with E-state index in [1.54, 1.807) is 0 Å². The van der Waals surface area contributed by atoms with E-state index in [9.17, 15) is 4.79 Å². The standard InChI is InChI=1S/C19H22N4O3/c24-19(16-13-25-11-12-26-16)20-15-8-6-14(7-9-15)18-22-21-17-5-3-1-2-4-10-23(17)18/h6-9,13H,1-5,10-12H2,(H,20,24). The number of ether oxygens (including phenoxy) is 2. The van der Waals surface area contributed by atoms with Gasteiger partial charge in [-0.3, -0.25) is 4.79 Å². The lowest BCUT2D eigenvalue weighted by Gasteiger charge is -2.15. The van der Waals surface area contributed by atoms with Crippen LogP contribution in [0.25, 0.3) is 11.4 Å². The zero-order valence-electron chi connectivity index (χ0n) is 14.6. The molecule has 1 aromatic heterocycles. The first kappa shape index (κ1) is 16.6. The van der Waals surface area contributed by atoms with Crippen LogP contribution in [0.1, 0.15) is 31.5 Å². The summed E-state index contributed by atoms with van der Waals surface area (Å²) in [6.07, 6.45) is 7.18. The first-order valence-electron chi connectivity index (χ1n) is 9.10. The van der Waals surface area contributed by atoms with Crippen molar-refractivity contribution in [1.82, 2.24) is 14.8 Å². The van der Waals surface area contributed by atoms with Crippen molar-refractivity contribution in [3.63, 3.8) is 0 Å². The highest BCUT2D eigenvalue weighted by Gasteiger charge is 2.17. The van der Waals surface area contributed by atoms with Crippen molar-refractivity contribution in [3.05, 3.63) is 42.1 Å². The van der Waals surface area contributed by atoms with Crippen LogP contribution in [0.2, 0.25) is 0 Å². The minimum atomic E-state index is -0.315. The van der Waals surface area contributed by atoms with Gasteiger partial charge in [-0.1, -0.05) is 12.8 Å². The molecular weight excluding hydrogens is 332 g/mol. The molecule has 0 bridgehead atoms. The third-order valence-electron chi connectivity index (χ3n) is 4.63. The lowest BCUT2D eigenvalue weighted by molar-refractivity contribution is -0.117. The maximum absolute atomic E-state index is 12.1. The number of amides is 1. The van der Waals surface area contributed by atoms with E-state index in [1.165, 1.54) is 25.5 Å². The monoisotopic (exact) mass is 354 g/mol. The Morgan fingerprint density at radius 1 is 1.04 bits per heavy atom. The Hall–Kier alpha value is -2.83. The van der Waals surface area contributed by atoms with E-state index in [4.69, 9.17) is 9.47 Å². The fraction of sp³-hybridized carbons (Fsp3) is 0.421. The summed E-state index contributed by atoms with van der Waals surface area (Å²) in [5.41, 5.74) is 1.69. The number of nitrogens with zero attached hydrogens (tertiary/aromatic N) is 3. The molecule has 0 saturated carbocycles. The summed E-state index contributed by atoms with van der Waals surface area (Å²) in [4.78, 5) is 12.1. The zero-order valence-corrected chi connectivity index (χ0v) is 14.6. The van der Waals surface area contributed by atoms with E-state index in [0.29, 0.717) is 18.9 Å². The maximum Gasteiger partial charge on any atom is 0.294 e. The highest BCUT2D eigenvalue weighted by Crippen LogP contribution is 2.24. The number of hydrogen-bond acceptors (Lipinski definition) is 5.